The number of nitrogens with zero attached hydrogens (tertiary/aromatic N) is 3. The van der Waals surface area contributed by atoms with Crippen LogP contribution in [0.25, 0.3) is 11.4 Å². The maximum absolute atomic E-state index is 12.7. The van der Waals surface area contributed by atoms with Gasteiger partial charge in [0.2, 0.25) is 27.6 Å². The molecule has 0 aliphatic carbocycles. The van der Waals surface area contributed by atoms with Crippen molar-refractivity contribution in [3.05, 3.63) is 65.5 Å². The van der Waals surface area contributed by atoms with Gasteiger partial charge in [0.15, 0.2) is 0 Å². The van der Waals surface area contributed by atoms with E-state index in [0.717, 1.165) is 5.56 Å². The maximum atomic E-state index is 12.7. The largest absolute Gasteiger partial charge is 0.347 e. The first-order chi connectivity index (χ1) is 14.9. The molecular weight excluding hydrogens is 440 g/mol. The first kappa shape index (κ1) is 21.5. The van der Waals surface area contributed by atoms with Crippen molar-refractivity contribution in [2.75, 3.05) is 13.1 Å². The molecule has 8 nitrogen and oxygen atoms in total. The lowest BCUT2D eigenvalue weighted by Crippen LogP contribution is -2.42. The lowest BCUT2D eigenvalue weighted by Gasteiger charge is -2.30. The predicted octanol–water partition coefficient (Wildman–Crippen LogP) is 3.11. The van der Waals surface area contributed by atoms with Crippen LogP contribution in [-0.4, -0.2) is 41.9 Å². The van der Waals surface area contributed by atoms with Crippen LogP contribution in [-0.2, 0) is 21.4 Å². The van der Waals surface area contributed by atoms with Crippen molar-refractivity contribution in [2.24, 2.45) is 5.92 Å². The van der Waals surface area contributed by atoms with Crippen molar-refractivity contribution in [1.82, 2.24) is 19.8 Å². The molecule has 1 aromatic heterocycles. The van der Waals surface area contributed by atoms with Crippen LogP contribution in [0.1, 0.15) is 18.7 Å². The van der Waals surface area contributed by atoms with Crippen LogP contribution in [0.4, 0.5) is 0 Å². The average molecular weight is 461 g/mol. The zero-order valence-electron chi connectivity index (χ0n) is 16.6. The van der Waals surface area contributed by atoms with Crippen molar-refractivity contribution in [2.45, 2.75) is 24.3 Å². The van der Waals surface area contributed by atoms with Crippen LogP contribution < -0.4 is 5.32 Å². The number of hydrogen-bond acceptors (Lipinski definition) is 6. The highest BCUT2D eigenvalue weighted by atomic mass is 35.5. The molecule has 10 heteroatoms. The quantitative estimate of drug-likeness (QED) is 0.606. The Hall–Kier alpha value is -2.75. The summed E-state index contributed by atoms with van der Waals surface area (Å²) in [5.74, 6) is 0.298. The Balaban J connectivity index is 1.29. The van der Waals surface area contributed by atoms with E-state index in [-0.39, 0.29) is 23.3 Å². The van der Waals surface area contributed by atoms with Crippen molar-refractivity contribution in [1.29, 1.82) is 0 Å². The Morgan fingerprint density at radius 3 is 2.45 bits per heavy atom. The Morgan fingerprint density at radius 1 is 1.10 bits per heavy atom. The fourth-order valence-corrected chi connectivity index (χ4v) is 5.07. The molecule has 0 atom stereocenters. The summed E-state index contributed by atoms with van der Waals surface area (Å²) in [5.41, 5.74) is 0.762. The summed E-state index contributed by atoms with van der Waals surface area (Å²) in [5, 5.41) is 7.34. The number of piperidine rings is 1. The first-order valence-electron chi connectivity index (χ1n) is 9.85. The smallest absolute Gasteiger partial charge is 0.246 e. The lowest BCUT2D eigenvalue weighted by molar-refractivity contribution is -0.126. The van der Waals surface area contributed by atoms with Crippen LogP contribution in [0.5, 0.6) is 0 Å². The Kier molecular flexibility index (Phi) is 6.35. The first-order valence-corrected chi connectivity index (χ1v) is 11.7. The van der Waals surface area contributed by atoms with Crippen LogP contribution in [0, 0.1) is 5.92 Å². The molecule has 2 aromatic carbocycles. The number of sulfonamides is 1. The van der Waals surface area contributed by atoms with E-state index >= 15 is 0 Å². The van der Waals surface area contributed by atoms with E-state index < -0.39 is 10.0 Å². The summed E-state index contributed by atoms with van der Waals surface area (Å²) in [7, 11) is -3.53. The zero-order chi connectivity index (χ0) is 21.8. The van der Waals surface area contributed by atoms with Gasteiger partial charge in [-0.25, -0.2) is 8.42 Å². The monoisotopic (exact) mass is 460 g/mol. The van der Waals surface area contributed by atoms with E-state index in [9.17, 15) is 13.2 Å². The summed E-state index contributed by atoms with van der Waals surface area (Å²) in [6.07, 6.45) is 0.912. The summed E-state index contributed by atoms with van der Waals surface area (Å²) >= 11 is 5.88. The van der Waals surface area contributed by atoms with Gasteiger partial charge in [0.25, 0.3) is 0 Å². The molecular formula is C21H21ClN4O4S. The summed E-state index contributed by atoms with van der Waals surface area (Å²) in [6, 6.07) is 15.4. The van der Waals surface area contributed by atoms with Gasteiger partial charge in [0.1, 0.15) is 0 Å². The fourth-order valence-electron chi connectivity index (χ4n) is 3.45. The molecule has 2 heterocycles. The minimum Gasteiger partial charge on any atom is -0.347 e. The third-order valence-electron chi connectivity index (χ3n) is 5.19. The van der Waals surface area contributed by atoms with Crippen molar-refractivity contribution >= 4 is 27.5 Å². The third-order valence-corrected chi connectivity index (χ3v) is 7.35. The Labute approximate surface area is 185 Å². The van der Waals surface area contributed by atoms with Gasteiger partial charge < -0.3 is 9.84 Å². The van der Waals surface area contributed by atoms with Crippen LogP contribution in [0.2, 0.25) is 5.02 Å². The van der Waals surface area contributed by atoms with Crippen molar-refractivity contribution in [3.8, 4) is 11.4 Å². The van der Waals surface area contributed by atoms with Gasteiger partial charge in [-0.15, -0.1) is 0 Å². The normalized spacial score (nSPS) is 15.6. The predicted molar refractivity (Wildman–Crippen MR) is 115 cm³/mol. The van der Waals surface area contributed by atoms with Crippen LogP contribution in [0.3, 0.4) is 0 Å². The lowest BCUT2D eigenvalue weighted by atomic mass is 9.97. The Morgan fingerprint density at radius 2 is 1.77 bits per heavy atom. The minimum absolute atomic E-state index is 0.113. The molecule has 0 radical (unpaired) electrons. The molecule has 0 bridgehead atoms. The van der Waals surface area contributed by atoms with E-state index in [1.54, 1.807) is 54.6 Å². The number of rotatable bonds is 6. The molecule has 3 aromatic rings. The number of carbonyl (C=O) groups is 1. The van der Waals surface area contributed by atoms with Gasteiger partial charge in [-0.2, -0.15) is 9.29 Å². The van der Waals surface area contributed by atoms with E-state index in [1.807, 2.05) is 0 Å². The highest BCUT2D eigenvalue weighted by Gasteiger charge is 2.32. The molecule has 0 saturated carbocycles. The summed E-state index contributed by atoms with van der Waals surface area (Å²) in [6.45, 7) is 0.717. The average Bonchev–Trinajstić information content (AvgIpc) is 3.28. The number of nitrogens with one attached hydrogen (secondary N) is 1. The molecule has 4 rings (SSSR count). The van der Waals surface area contributed by atoms with Gasteiger partial charge in [-0.05, 0) is 49.2 Å². The van der Waals surface area contributed by atoms with E-state index in [0.29, 0.717) is 42.7 Å². The number of amides is 1. The number of benzene rings is 2. The van der Waals surface area contributed by atoms with Crippen molar-refractivity contribution in [3.63, 3.8) is 0 Å². The van der Waals surface area contributed by atoms with Crippen LogP contribution >= 0.6 is 11.6 Å². The molecule has 1 amide bonds. The molecule has 1 saturated heterocycles. The van der Waals surface area contributed by atoms with Gasteiger partial charge in [0.05, 0.1) is 11.4 Å². The highest BCUT2D eigenvalue weighted by molar-refractivity contribution is 7.89. The van der Waals surface area contributed by atoms with Gasteiger partial charge in [-0.1, -0.05) is 35.0 Å². The zero-order valence-corrected chi connectivity index (χ0v) is 18.1. The number of carbonyl (C=O) groups excluding carboxylic acids is 1. The number of aromatic nitrogens is 2. The summed E-state index contributed by atoms with van der Waals surface area (Å²) in [4.78, 5) is 17.1. The van der Waals surface area contributed by atoms with Gasteiger partial charge in [-0.3, -0.25) is 4.79 Å². The summed E-state index contributed by atoms with van der Waals surface area (Å²) < 4.78 is 32.0. The van der Waals surface area contributed by atoms with Crippen molar-refractivity contribution < 1.29 is 17.7 Å². The van der Waals surface area contributed by atoms with Gasteiger partial charge in [0, 0.05) is 29.6 Å². The number of halogens is 1. The standard InChI is InChI=1S/C21H21ClN4O4S/c22-17-8-6-15(7-9-17)20-24-19(30-25-20)14-23-21(27)16-10-12-26(13-11-16)31(28,29)18-4-2-1-3-5-18/h1-9,16H,10-14H2,(H,23,27). The molecule has 31 heavy (non-hydrogen) atoms. The second kappa shape index (κ2) is 9.17. The molecule has 1 N–H and O–H groups in total. The molecule has 0 unspecified atom stereocenters. The molecule has 1 aliphatic rings. The third kappa shape index (κ3) is 4.95. The Bertz CT molecular complexity index is 1140. The molecule has 1 fully saturated rings. The maximum Gasteiger partial charge on any atom is 0.246 e. The minimum atomic E-state index is -3.53. The molecule has 0 spiro atoms. The topological polar surface area (TPSA) is 105 Å². The van der Waals surface area contributed by atoms with Crippen LogP contribution in [0.15, 0.2) is 64.0 Å². The SMILES string of the molecule is O=C(NCc1nc(-c2ccc(Cl)cc2)no1)C1CCN(S(=O)(=O)c2ccccc2)CC1. The van der Waals surface area contributed by atoms with E-state index in [1.165, 1.54) is 4.31 Å². The van der Waals surface area contributed by atoms with E-state index in [2.05, 4.69) is 15.5 Å². The second-order valence-electron chi connectivity index (χ2n) is 7.23. The highest BCUT2D eigenvalue weighted by Crippen LogP contribution is 2.24. The van der Waals surface area contributed by atoms with E-state index in [4.69, 9.17) is 16.1 Å². The second-order valence-corrected chi connectivity index (χ2v) is 9.60. The fraction of sp³-hybridized carbons (Fsp3) is 0.286. The van der Waals surface area contributed by atoms with Gasteiger partial charge >= 0.3 is 0 Å². The molecule has 162 valence electrons. The number of hydrogen-bond donors (Lipinski definition) is 1. The molecule has 1 aliphatic heterocycles.